The molecular weight excluding hydrogens is 230 g/mol. The van der Waals surface area contributed by atoms with Crippen LogP contribution in [0, 0.1) is 6.92 Å². The Bertz CT molecular complexity index is 542. The van der Waals surface area contributed by atoms with Gasteiger partial charge in [0.1, 0.15) is 5.76 Å². The van der Waals surface area contributed by atoms with Crippen molar-refractivity contribution < 1.29 is 9.21 Å². The van der Waals surface area contributed by atoms with E-state index in [4.69, 9.17) is 4.42 Å². The number of aromatic nitrogens is 2. The van der Waals surface area contributed by atoms with Crippen LogP contribution >= 0.6 is 0 Å². The predicted octanol–water partition coefficient (Wildman–Crippen LogP) is 2.51. The second kappa shape index (κ2) is 5.08. The Labute approximate surface area is 106 Å². The molecule has 0 fully saturated rings. The first-order valence-corrected chi connectivity index (χ1v) is 6.02. The van der Waals surface area contributed by atoms with E-state index in [0.29, 0.717) is 11.5 Å². The Hall–Kier alpha value is -2.04. The summed E-state index contributed by atoms with van der Waals surface area (Å²) >= 11 is 0. The standard InChI is InChI=1S/C13H17N3O2/c1-4-8(2)15-13(17)12-6-5-11(18-12)10-7-14-16-9(10)3/h5-8H,4H2,1-3H3,(H,14,16)(H,15,17). The first kappa shape index (κ1) is 12.4. The van der Waals surface area contributed by atoms with Gasteiger partial charge < -0.3 is 9.73 Å². The molecule has 0 saturated carbocycles. The van der Waals surface area contributed by atoms with Crippen molar-refractivity contribution in [1.29, 1.82) is 0 Å². The van der Waals surface area contributed by atoms with Crippen molar-refractivity contribution in [3.8, 4) is 11.3 Å². The van der Waals surface area contributed by atoms with E-state index in [0.717, 1.165) is 17.7 Å². The van der Waals surface area contributed by atoms with E-state index < -0.39 is 0 Å². The third kappa shape index (κ3) is 2.45. The summed E-state index contributed by atoms with van der Waals surface area (Å²) in [6, 6.07) is 3.60. The maximum atomic E-state index is 11.9. The van der Waals surface area contributed by atoms with Crippen molar-refractivity contribution in [1.82, 2.24) is 15.5 Å². The van der Waals surface area contributed by atoms with E-state index in [1.165, 1.54) is 0 Å². The maximum absolute atomic E-state index is 11.9. The highest BCUT2D eigenvalue weighted by Crippen LogP contribution is 2.23. The van der Waals surface area contributed by atoms with E-state index >= 15 is 0 Å². The molecule has 2 N–H and O–H groups in total. The molecule has 2 heterocycles. The summed E-state index contributed by atoms with van der Waals surface area (Å²) in [5.41, 5.74) is 1.79. The molecule has 5 heteroatoms. The van der Waals surface area contributed by atoms with Gasteiger partial charge in [0.25, 0.3) is 5.91 Å². The maximum Gasteiger partial charge on any atom is 0.287 e. The van der Waals surface area contributed by atoms with Crippen molar-refractivity contribution in [2.45, 2.75) is 33.2 Å². The second-order valence-electron chi connectivity index (χ2n) is 4.36. The van der Waals surface area contributed by atoms with Crippen LogP contribution in [-0.4, -0.2) is 22.1 Å². The zero-order chi connectivity index (χ0) is 13.1. The normalized spacial score (nSPS) is 12.4. The average Bonchev–Trinajstić information content (AvgIpc) is 2.96. The van der Waals surface area contributed by atoms with Crippen LogP contribution in [-0.2, 0) is 0 Å². The van der Waals surface area contributed by atoms with Gasteiger partial charge in [0.2, 0.25) is 0 Å². The Morgan fingerprint density at radius 1 is 1.56 bits per heavy atom. The first-order chi connectivity index (χ1) is 8.61. The number of carbonyl (C=O) groups is 1. The topological polar surface area (TPSA) is 70.9 Å². The van der Waals surface area contributed by atoms with Gasteiger partial charge in [0.05, 0.1) is 11.8 Å². The minimum atomic E-state index is -0.184. The average molecular weight is 247 g/mol. The van der Waals surface area contributed by atoms with Gasteiger partial charge >= 0.3 is 0 Å². The summed E-state index contributed by atoms with van der Waals surface area (Å²) in [6.07, 6.45) is 2.57. The minimum Gasteiger partial charge on any atom is -0.451 e. The van der Waals surface area contributed by atoms with Crippen LogP contribution in [0.15, 0.2) is 22.7 Å². The van der Waals surface area contributed by atoms with Gasteiger partial charge in [0, 0.05) is 11.7 Å². The lowest BCUT2D eigenvalue weighted by Crippen LogP contribution is -2.31. The van der Waals surface area contributed by atoms with Crippen molar-refractivity contribution in [3.05, 3.63) is 29.8 Å². The fourth-order valence-corrected chi connectivity index (χ4v) is 1.60. The van der Waals surface area contributed by atoms with Gasteiger partial charge in [-0.25, -0.2) is 0 Å². The number of hydrogen-bond acceptors (Lipinski definition) is 3. The number of nitrogens with zero attached hydrogens (tertiary/aromatic N) is 1. The van der Waals surface area contributed by atoms with E-state index in [-0.39, 0.29) is 11.9 Å². The summed E-state index contributed by atoms with van der Waals surface area (Å²) < 4.78 is 5.54. The molecule has 0 aliphatic heterocycles. The lowest BCUT2D eigenvalue weighted by molar-refractivity contribution is 0.0912. The van der Waals surface area contributed by atoms with Crippen LogP contribution in [0.3, 0.4) is 0 Å². The van der Waals surface area contributed by atoms with Crippen molar-refractivity contribution in [2.75, 3.05) is 0 Å². The van der Waals surface area contributed by atoms with E-state index in [1.54, 1.807) is 18.3 Å². The van der Waals surface area contributed by atoms with Gasteiger partial charge in [-0.2, -0.15) is 5.10 Å². The highest BCUT2D eigenvalue weighted by atomic mass is 16.3. The number of aryl methyl sites for hydroxylation is 1. The molecule has 0 saturated heterocycles. The fraction of sp³-hybridized carbons (Fsp3) is 0.385. The van der Waals surface area contributed by atoms with Crippen LogP contribution in [0.2, 0.25) is 0 Å². The predicted molar refractivity (Wildman–Crippen MR) is 68.2 cm³/mol. The number of nitrogens with one attached hydrogen (secondary N) is 2. The highest BCUT2D eigenvalue weighted by Gasteiger charge is 2.15. The lowest BCUT2D eigenvalue weighted by Gasteiger charge is -2.09. The molecule has 0 radical (unpaired) electrons. The van der Waals surface area contributed by atoms with E-state index in [9.17, 15) is 4.79 Å². The fourth-order valence-electron chi connectivity index (χ4n) is 1.60. The SMILES string of the molecule is CCC(C)NC(=O)c1ccc(-c2cn[nH]c2C)o1. The molecule has 2 rings (SSSR count). The summed E-state index contributed by atoms with van der Waals surface area (Å²) in [7, 11) is 0. The lowest BCUT2D eigenvalue weighted by atomic mass is 10.2. The Morgan fingerprint density at radius 3 is 2.94 bits per heavy atom. The Kier molecular flexibility index (Phi) is 3.50. The zero-order valence-corrected chi connectivity index (χ0v) is 10.8. The summed E-state index contributed by atoms with van der Waals surface area (Å²) in [6.45, 7) is 5.89. The molecule has 0 aliphatic carbocycles. The van der Waals surface area contributed by atoms with Gasteiger partial charge in [-0.05, 0) is 32.4 Å². The molecule has 0 aliphatic rings. The largest absolute Gasteiger partial charge is 0.451 e. The van der Waals surface area contributed by atoms with Crippen LogP contribution < -0.4 is 5.32 Å². The number of furan rings is 1. The van der Waals surface area contributed by atoms with E-state index in [1.807, 2.05) is 20.8 Å². The molecule has 2 aromatic heterocycles. The smallest absolute Gasteiger partial charge is 0.287 e. The monoisotopic (exact) mass is 247 g/mol. The number of carbonyl (C=O) groups excluding carboxylic acids is 1. The highest BCUT2D eigenvalue weighted by molar-refractivity contribution is 5.92. The third-order valence-corrected chi connectivity index (χ3v) is 2.92. The molecule has 2 aromatic rings. The molecule has 0 spiro atoms. The molecule has 0 bridgehead atoms. The number of rotatable bonds is 4. The Morgan fingerprint density at radius 2 is 2.33 bits per heavy atom. The molecule has 1 amide bonds. The van der Waals surface area contributed by atoms with E-state index in [2.05, 4.69) is 15.5 Å². The van der Waals surface area contributed by atoms with Crippen LogP contribution in [0.1, 0.15) is 36.5 Å². The van der Waals surface area contributed by atoms with Gasteiger partial charge in [-0.15, -0.1) is 0 Å². The number of aromatic amines is 1. The molecule has 1 atom stereocenters. The van der Waals surface area contributed by atoms with Crippen molar-refractivity contribution >= 4 is 5.91 Å². The summed E-state index contributed by atoms with van der Waals surface area (Å²) in [4.78, 5) is 11.9. The number of H-pyrrole nitrogens is 1. The molecule has 96 valence electrons. The second-order valence-corrected chi connectivity index (χ2v) is 4.36. The van der Waals surface area contributed by atoms with Crippen LogP contribution in [0.25, 0.3) is 11.3 Å². The zero-order valence-electron chi connectivity index (χ0n) is 10.8. The van der Waals surface area contributed by atoms with Crippen molar-refractivity contribution in [2.24, 2.45) is 0 Å². The molecule has 5 nitrogen and oxygen atoms in total. The molecule has 18 heavy (non-hydrogen) atoms. The quantitative estimate of drug-likeness (QED) is 0.872. The van der Waals surface area contributed by atoms with Gasteiger partial charge in [-0.1, -0.05) is 6.92 Å². The number of amides is 1. The van der Waals surface area contributed by atoms with Crippen LogP contribution in [0.4, 0.5) is 0 Å². The van der Waals surface area contributed by atoms with Crippen LogP contribution in [0.5, 0.6) is 0 Å². The van der Waals surface area contributed by atoms with Crippen molar-refractivity contribution in [3.63, 3.8) is 0 Å². The third-order valence-electron chi connectivity index (χ3n) is 2.92. The number of hydrogen-bond donors (Lipinski definition) is 2. The first-order valence-electron chi connectivity index (χ1n) is 6.02. The van der Waals surface area contributed by atoms with Gasteiger partial charge in [-0.3, -0.25) is 9.89 Å². The minimum absolute atomic E-state index is 0.140. The summed E-state index contributed by atoms with van der Waals surface area (Å²) in [5.74, 6) is 0.790. The molecule has 0 aromatic carbocycles. The molecular formula is C13H17N3O2. The Balaban J connectivity index is 2.16. The summed E-state index contributed by atoms with van der Waals surface area (Å²) in [5, 5.41) is 9.63. The molecule has 1 unspecified atom stereocenters. The van der Waals surface area contributed by atoms with Gasteiger partial charge in [0.15, 0.2) is 5.76 Å².